The molecule has 2 N–H and O–H groups in total. The summed E-state index contributed by atoms with van der Waals surface area (Å²) in [6.45, 7) is 4.64. The van der Waals surface area contributed by atoms with Gasteiger partial charge in [-0.2, -0.15) is 0 Å². The molecule has 0 aliphatic carbocycles. The predicted molar refractivity (Wildman–Crippen MR) is 85.4 cm³/mol. The summed E-state index contributed by atoms with van der Waals surface area (Å²) in [5.74, 6) is -1.81. The van der Waals surface area contributed by atoms with Gasteiger partial charge in [0, 0.05) is 25.4 Å². The van der Waals surface area contributed by atoms with Gasteiger partial charge in [0.2, 0.25) is 0 Å². The van der Waals surface area contributed by atoms with Gasteiger partial charge in [-0.1, -0.05) is 13.0 Å². The summed E-state index contributed by atoms with van der Waals surface area (Å²) in [7, 11) is 0. The predicted octanol–water partition coefficient (Wildman–Crippen LogP) is 2.08. The molecule has 1 fully saturated rings. The van der Waals surface area contributed by atoms with E-state index in [1.54, 1.807) is 19.1 Å². The Morgan fingerprint density at radius 3 is 2.52 bits per heavy atom. The van der Waals surface area contributed by atoms with Crippen molar-refractivity contribution in [1.82, 2.24) is 4.90 Å². The molecule has 0 atom stereocenters. The second-order valence-electron chi connectivity index (χ2n) is 6.22. The number of rotatable bonds is 3. The fraction of sp³-hybridized carbons (Fsp3) is 0.529. The van der Waals surface area contributed by atoms with Crippen molar-refractivity contribution < 1.29 is 19.1 Å². The molecule has 1 aliphatic rings. The summed E-state index contributed by atoms with van der Waals surface area (Å²) in [4.78, 5) is 25.7. The first-order valence-corrected chi connectivity index (χ1v) is 7.88. The Bertz CT molecular complexity index is 590. The first-order valence-electron chi connectivity index (χ1n) is 7.88. The molecular weight excluding hydrogens is 299 g/mol. The zero-order valence-electron chi connectivity index (χ0n) is 13.6. The molecule has 1 aromatic rings. The third-order valence-electron chi connectivity index (χ3n) is 4.82. The van der Waals surface area contributed by atoms with Crippen LogP contribution in [0.25, 0.3) is 0 Å². The van der Waals surface area contributed by atoms with E-state index in [0.29, 0.717) is 31.5 Å². The number of anilines is 1. The van der Waals surface area contributed by atoms with Crippen molar-refractivity contribution in [2.75, 3.05) is 25.0 Å². The van der Waals surface area contributed by atoms with E-state index in [1.807, 2.05) is 6.92 Å². The van der Waals surface area contributed by atoms with Gasteiger partial charge in [0.05, 0.1) is 0 Å². The number of piperidine rings is 1. The molecule has 0 radical (unpaired) electrons. The van der Waals surface area contributed by atoms with Crippen LogP contribution in [0.3, 0.4) is 0 Å². The third-order valence-corrected chi connectivity index (χ3v) is 4.82. The lowest BCUT2D eigenvalue weighted by molar-refractivity contribution is -0.145. The third kappa shape index (κ3) is 3.88. The van der Waals surface area contributed by atoms with Gasteiger partial charge < -0.3 is 15.3 Å². The van der Waals surface area contributed by atoms with Gasteiger partial charge in [0.25, 0.3) is 0 Å². The van der Waals surface area contributed by atoms with Crippen molar-refractivity contribution in [3.05, 3.63) is 29.6 Å². The summed E-state index contributed by atoms with van der Waals surface area (Å²) in [6.07, 6.45) is 2.21. The minimum absolute atomic E-state index is 0.0976. The van der Waals surface area contributed by atoms with Crippen LogP contribution in [0.4, 0.5) is 10.1 Å². The molecule has 2 rings (SSSR count). The Kier molecular flexibility index (Phi) is 5.36. The second-order valence-corrected chi connectivity index (χ2v) is 6.22. The smallest absolute Gasteiger partial charge is 0.313 e. The van der Waals surface area contributed by atoms with Crippen LogP contribution in [0.1, 0.15) is 31.7 Å². The standard InChI is InChI=1S/C17H23FN2O3/c1-3-17(11-21)6-8-20(9-7-17)16(23)15(22)19-13-5-4-12(2)14(18)10-13/h4-5,10,21H,3,6-9,11H2,1-2H3,(H,19,22). The van der Waals surface area contributed by atoms with E-state index >= 15 is 0 Å². The number of aliphatic hydroxyl groups excluding tert-OH is 1. The molecule has 126 valence electrons. The Hall–Kier alpha value is -1.95. The minimum atomic E-state index is -0.763. The van der Waals surface area contributed by atoms with Gasteiger partial charge >= 0.3 is 11.8 Å². The van der Waals surface area contributed by atoms with Crippen LogP contribution in [0.5, 0.6) is 0 Å². The van der Waals surface area contributed by atoms with E-state index in [4.69, 9.17) is 0 Å². The lowest BCUT2D eigenvalue weighted by Gasteiger charge is -2.39. The topological polar surface area (TPSA) is 69.6 Å². The van der Waals surface area contributed by atoms with E-state index in [-0.39, 0.29) is 17.7 Å². The van der Waals surface area contributed by atoms with Gasteiger partial charge in [-0.25, -0.2) is 4.39 Å². The Morgan fingerprint density at radius 2 is 2.00 bits per heavy atom. The average Bonchev–Trinajstić information content (AvgIpc) is 2.57. The normalized spacial score (nSPS) is 17.0. The van der Waals surface area contributed by atoms with Gasteiger partial charge in [-0.3, -0.25) is 9.59 Å². The Labute approximate surface area is 135 Å². The quantitative estimate of drug-likeness (QED) is 0.837. The van der Waals surface area contributed by atoms with Crippen LogP contribution >= 0.6 is 0 Å². The van der Waals surface area contributed by atoms with Crippen LogP contribution in [-0.4, -0.2) is 41.5 Å². The zero-order chi connectivity index (χ0) is 17.0. The average molecular weight is 322 g/mol. The summed E-state index contributed by atoms with van der Waals surface area (Å²) in [6, 6.07) is 4.31. The molecule has 1 saturated heterocycles. The molecule has 0 unspecified atom stereocenters. The van der Waals surface area contributed by atoms with E-state index in [0.717, 1.165) is 6.42 Å². The summed E-state index contributed by atoms with van der Waals surface area (Å²) in [5.41, 5.74) is 0.597. The number of carbonyl (C=O) groups is 2. The molecular formula is C17H23FN2O3. The van der Waals surface area contributed by atoms with Crippen LogP contribution < -0.4 is 5.32 Å². The number of halogens is 1. The van der Waals surface area contributed by atoms with Crippen molar-refractivity contribution in [2.24, 2.45) is 5.41 Å². The molecule has 23 heavy (non-hydrogen) atoms. The van der Waals surface area contributed by atoms with Crippen molar-refractivity contribution in [3.63, 3.8) is 0 Å². The van der Waals surface area contributed by atoms with Crippen molar-refractivity contribution in [2.45, 2.75) is 33.1 Å². The van der Waals surface area contributed by atoms with Crippen molar-refractivity contribution >= 4 is 17.5 Å². The van der Waals surface area contributed by atoms with Gasteiger partial charge in [0.15, 0.2) is 0 Å². The Morgan fingerprint density at radius 1 is 1.35 bits per heavy atom. The molecule has 1 heterocycles. The minimum Gasteiger partial charge on any atom is -0.396 e. The molecule has 1 aliphatic heterocycles. The van der Waals surface area contributed by atoms with Crippen LogP contribution in [0, 0.1) is 18.2 Å². The summed E-state index contributed by atoms with van der Waals surface area (Å²) < 4.78 is 13.5. The Balaban J connectivity index is 1.95. The molecule has 0 saturated carbocycles. The highest BCUT2D eigenvalue weighted by molar-refractivity contribution is 6.39. The van der Waals surface area contributed by atoms with Gasteiger partial charge in [-0.05, 0) is 49.3 Å². The number of aryl methyl sites for hydroxylation is 1. The maximum Gasteiger partial charge on any atom is 0.313 e. The number of hydrogen-bond acceptors (Lipinski definition) is 3. The number of likely N-dealkylation sites (tertiary alicyclic amines) is 1. The monoisotopic (exact) mass is 322 g/mol. The second kappa shape index (κ2) is 7.08. The number of benzene rings is 1. The zero-order valence-corrected chi connectivity index (χ0v) is 13.6. The largest absolute Gasteiger partial charge is 0.396 e. The molecule has 0 spiro atoms. The SMILES string of the molecule is CCC1(CO)CCN(C(=O)C(=O)Nc2ccc(C)c(F)c2)CC1. The number of hydrogen-bond donors (Lipinski definition) is 2. The molecule has 6 heteroatoms. The fourth-order valence-corrected chi connectivity index (χ4v) is 2.81. The number of nitrogens with zero attached hydrogens (tertiary/aromatic N) is 1. The van der Waals surface area contributed by atoms with Gasteiger partial charge in [-0.15, -0.1) is 0 Å². The number of carbonyl (C=O) groups excluding carboxylic acids is 2. The van der Waals surface area contributed by atoms with Gasteiger partial charge in [0.1, 0.15) is 5.82 Å². The maximum atomic E-state index is 13.5. The molecule has 0 aromatic heterocycles. The first kappa shape index (κ1) is 17.4. The van der Waals surface area contributed by atoms with E-state index in [9.17, 15) is 19.1 Å². The highest BCUT2D eigenvalue weighted by atomic mass is 19.1. The molecule has 5 nitrogen and oxygen atoms in total. The lowest BCUT2D eigenvalue weighted by Crippen LogP contribution is -2.48. The van der Waals surface area contributed by atoms with E-state index in [2.05, 4.69) is 5.32 Å². The number of amides is 2. The van der Waals surface area contributed by atoms with Crippen molar-refractivity contribution in [1.29, 1.82) is 0 Å². The first-order chi connectivity index (χ1) is 10.9. The molecule has 1 aromatic carbocycles. The summed E-state index contributed by atoms with van der Waals surface area (Å²) in [5, 5.41) is 11.9. The number of aliphatic hydroxyl groups is 1. The highest BCUT2D eigenvalue weighted by Gasteiger charge is 2.35. The maximum absolute atomic E-state index is 13.5. The molecule has 0 bridgehead atoms. The van der Waals surface area contributed by atoms with Crippen LogP contribution in [-0.2, 0) is 9.59 Å². The van der Waals surface area contributed by atoms with Crippen LogP contribution in [0.2, 0.25) is 0 Å². The van der Waals surface area contributed by atoms with E-state index in [1.165, 1.54) is 11.0 Å². The van der Waals surface area contributed by atoms with Crippen LogP contribution in [0.15, 0.2) is 18.2 Å². The highest BCUT2D eigenvalue weighted by Crippen LogP contribution is 2.34. The lowest BCUT2D eigenvalue weighted by atomic mass is 9.77. The van der Waals surface area contributed by atoms with Crippen molar-refractivity contribution in [3.8, 4) is 0 Å². The van der Waals surface area contributed by atoms with E-state index < -0.39 is 17.6 Å². The summed E-state index contributed by atoms with van der Waals surface area (Å²) >= 11 is 0. The number of nitrogens with one attached hydrogen (secondary N) is 1. The molecule has 2 amide bonds. The fourth-order valence-electron chi connectivity index (χ4n) is 2.81.